The number of rotatable bonds is 2. The molecule has 0 spiro atoms. The van der Waals surface area contributed by atoms with E-state index < -0.39 is 0 Å². The number of amides is 1. The Balaban J connectivity index is 1.77. The molecule has 23 heavy (non-hydrogen) atoms. The summed E-state index contributed by atoms with van der Waals surface area (Å²) < 4.78 is 0. The SMILES string of the molecule is Cc1cc2c(NC(=O)c3cccc4ccccc34)cccc2[nH]1. The number of carbonyl (C=O) groups excluding carboxylic acids is 1. The first-order valence-corrected chi connectivity index (χ1v) is 7.60. The Kier molecular flexibility index (Phi) is 3.12. The van der Waals surface area contributed by atoms with Crippen LogP contribution < -0.4 is 5.32 Å². The number of benzene rings is 3. The van der Waals surface area contributed by atoms with Gasteiger partial charge in [-0.1, -0.05) is 42.5 Å². The second-order valence-corrected chi connectivity index (χ2v) is 5.70. The highest BCUT2D eigenvalue weighted by atomic mass is 16.1. The summed E-state index contributed by atoms with van der Waals surface area (Å²) in [5.74, 6) is -0.0897. The average Bonchev–Trinajstić information content (AvgIpc) is 2.95. The Labute approximate surface area is 134 Å². The molecular weight excluding hydrogens is 284 g/mol. The molecule has 3 aromatic carbocycles. The number of aromatic amines is 1. The molecule has 2 N–H and O–H groups in total. The maximum Gasteiger partial charge on any atom is 0.256 e. The lowest BCUT2D eigenvalue weighted by Gasteiger charge is -2.09. The van der Waals surface area contributed by atoms with Crippen LogP contribution in [-0.4, -0.2) is 10.9 Å². The van der Waals surface area contributed by atoms with Crippen LogP contribution in [0.1, 0.15) is 16.1 Å². The van der Waals surface area contributed by atoms with Crippen LogP contribution in [0.3, 0.4) is 0 Å². The molecule has 4 aromatic rings. The summed E-state index contributed by atoms with van der Waals surface area (Å²) in [6, 6.07) is 21.6. The Bertz CT molecular complexity index is 1020. The van der Waals surface area contributed by atoms with E-state index in [1.165, 1.54) is 0 Å². The first-order chi connectivity index (χ1) is 11.2. The van der Waals surface area contributed by atoms with Crippen LogP contribution in [0, 0.1) is 6.92 Å². The number of anilines is 1. The molecule has 4 rings (SSSR count). The normalized spacial score (nSPS) is 11.0. The second kappa shape index (κ2) is 5.29. The van der Waals surface area contributed by atoms with E-state index in [0.29, 0.717) is 5.56 Å². The fraction of sp³-hybridized carbons (Fsp3) is 0.0500. The minimum Gasteiger partial charge on any atom is -0.359 e. The Morgan fingerprint density at radius 1 is 0.913 bits per heavy atom. The van der Waals surface area contributed by atoms with E-state index >= 15 is 0 Å². The van der Waals surface area contributed by atoms with Gasteiger partial charge >= 0.3 is 0 Å². The third-order valence-electron chi connectivity index (χ3n) is 4.08. The van der Waals surface area contributed by atoms with Crippen LogP contribution >= 0.6 is 0 Å². The maximum absolute atomic E-state index is 12.8. The van der Waals surface area contributed by atoms with Gasteiger partial charge in [-0.2, -0.15) is 0 Å². The van der Waals surface area contributed by atoms with Gasteiger partial charge in [-0.15, -0.1) is 0 Å². The number of aromatic nitrogens is 1. The fourth-order valence-electron chi connectivity index (χ4n) is 3.02. The molecule has 0 aliphatic carbocycles. The monoisotopic (exact) mass is 300 g/mol. The summed E-state index contributed by atoms with van der Waals surface area (Å²) in [5.41, 5.74) is 3.61. The molecule has 3 nitrogen and oxygen atoms in total. The van der Waals surface area contributed by atoms with Crippen LogP contribution in [0.4, 0.5) is 5.69 Å². The molecule has 0 aliphatic rings. The van der Waals surface area contributed by atoms with Crippen molar-refractivity contribution in [3.63, 3.8) is 0 Å². The topological polar surface area (TPSA) is 44.9 Å². The molecule has 112 valence electrons. The van der Waals surface area contributed by atoms with Gasteiger partial charge in [0.2, 0.25) is 0 Å². The van der Waals surface area contributed by atoms with Crippen LogP contribution in [0.25, 0.3) is 21.7 Å². The molecule has 0 aliphatic heterocycles. The van der Waals surface area contributed by atoms with Gasteiger partial charge in [0.05, 0.1) is 5.69 Å². The van der Waals surface area contributed by atoms with Crippen LogP contribution in [0.2, 0.25) is 0 Å². The Morgan fingerprint density at radius 3 is 2.61 bits per heavy atom. The van der Waals surface area contributed by atoms with E-state index in [1.54, 1.807) is 0 Å². The predicted molar refractivity (Wildman–Crippen MR) is 94.9 cm³/mol. The molecule has 3 heteroatoms. The lowest BCUT2D eigenvalue weighted by atomic mass is 10.0. The molecular formula is C20H16N2O. The molecule has 0 saturated heterocycles. The molecule has 0 bridgehead atoms. The lowest BCUT2D eigenvalue weighted by Crippen LogP contribution is -2.12. The minimum atomic E-state index is -0.0897. The molecule has 0 atom stereocenters. The minimum absolute atomic E-state index is 0.0897. The van der Waals surface area contributed by atoms with E-state index in [9.17, 15) is 4.79 Å². The van der Waals surface area contributed by atoms with E-state index in [4.69, 9.17) is 0 Å². The molecule has 1 amide bonds. The van der Waals surface area contributed by atoms with Gasteiger partial charge in [-0.05, 0) is 42.0 Å². The van der Waals surface area contributed by atoms with Gasteiger partial charge in [0.15, 0.2) is 0 Å². The van der Waals surface area contributed by atoms with Crippen LogP contribution in [0.5, 0.6) is 0 Å². The van der Waals surface area contributed by atoms with Crippen LogP contribution in [0.15, 0.2) is 66.7 Å². The summed E-state index contributed by atoms with van der Waals surface area (Å²) >= 11 is 0. The van der Waals surface area contributed by atoms with Crippen molar-refractivity contribution in [1.82, 2.24) is 4.98 Å². The molecule has 1 heterocycles. The zero-order valence-electron chi connectivity index (χ0n) is 12.8. The highest BCUT2D eigenvalue weighted by Crippen LogP contribution is 2.26. The van der Waals surface area contributed by atoms with Gasteiger partial charge in [-0.25, -0.2) is 0 Å². The largest absolute Gasteiger partial charge is 0.359 e. The van der Waals surface area contributed by atoms with Crippen LogP contribution in [-0.2, 0) is 0 Å². The second-order valence-electron chi connectivity index (χ2n) is 5.70. The average molecular weight is 300 g/mol. The maximum atomic E-state index is 12.8. The summed E-state index contributed by atoms with van der Waals surface area (Å²) in [7, 11) is 0. The van der Waals surface area contributed by atoms with E-state index in [-0.39, 0.29) is 5.91 Å². The molecule has 0 saturated carbocycles. The molecule has 1 aromatic heterocycles. The molecule has 0 fully saturated rings. The zero-order chi connectivity index (χ0) is 15.8. The Morgan fingerprint density at radius 2 is 1.70 bits per heavy atom. The van der Waals surface area contributed by atoms with Crippen molar-refractivity contribution < 1.29 is 4.79 Å². The number of aryl methyl sites for hydroxylation is 1. The molecule has 0 unspecified atom stereocenters. The third kappa shape index (κ3) is 2.36. The number of hydrogen-bond donors (Lipinski definition) is 2. The zero-order valence-corrected chi connectivity index (χ0v) is 12.8. The smallest absolute Gasteiger partial charge is 0.256 e. The highest BCUT2D eigenvalue weighted by molar-refractivity contribution is 6.15. The first kappa shape index (κ1) is 13.6. The fourth-order valence-corrected chi connectivity index (χ4v) is 3.02. The van der Waals surface area contributed by atoms with Crippen molar-refractivity contribution in [2.45, 2.75) is 6.92 Å². The van der Waals surface area contributed by atoms with Crippen molar-refractivity contribution in [3.05, 3.63) is 78.0 Å². The quantitative estimate of drug-likeness (QED) is 0.544. The number of nitrogens with one attached hydrogen (secondary N) is 2. The summed E-state index contributed by atoms with van der Waals surface area (Å²) in [6.07, 6.45) is 0. The van der Waals surface area contributed by atoms with Crippen molar-refractivity contribution in [1.29, 1.82) is 0 Å². The van der Waals surface area contributed by atoms with Crippen molar-refractivity contribution in [2.75, 3.05) is 5.32 Å². The van der Waals surface area contributed by atoms with Gasteiger partial charge in [0.1, 0.15) is 0 Å². The Hall–Kier alpha value is -3.07. The third-order valence-corrected chi connectivity index (χ3v) is 4.08. The van der Waals surface area contributed by atoms with Crippen molar-refractivity contribution in [2.24, 2.45) is 0 Å². The molecule has 0 radical (unpaired) electrons. The number of H-pyrrole nitrogens is 1. The van der Waals surface area contributed by atoms with Gasteiger partial charge in [0.25, 0.3) is 5.91 Å². The summed E-state index contributed by atoms with van der Waals surface area (Å²) in [6.45, 7) is 2.01. The van der Waals surface area contributed by atoms with Gasteiger partial charge in [0, 0.05) is 22.2 Å². The van der Waals surface area contributed by atoms with Crippen molar-refractivity contribution >= 4 is 33.3 Å². The van der Waals surface area contributed by atoms with E-state index in [2.05, 4.69) is 10.3 Å². The summed E-state index contributed by atoms with van der Waals surface area (Å²) in [5, 5.41) is 6.10. The van der Waals surface area contributed by atoms with E-state index in [0.717, 1.165) is 33.1 Å². The highest BCUT2D eigenvalue weighted by Gasteiger charge is 2.12. The van der Waals surface area contributed by atoms with Gasteiger partial charge in [-0.3, -0.25) is 4.79 Å². The lowest BCUT2D eigenvalue weighted by molar-refractivity contribution is 0.102. The predicted octanol–water partition coefficient (Wildman–Crippen LogP) is 4.88. The standard InChI is InChI=1S/C20H16N2O/c1-13-12-17-18(21-13)10-5-11-19(17)22-20(23)16-9-4-7-14-6-2-3-8-15(14)16/h2-12,21H,1H3,(H,22,23). The first-order valence-electron chi connectivity index (χ1n) is 7.60. The van der Waals surface area contributed by atoms with Crippen molar-refractivity contribution in [3.8, 4) is 0 Å². The van der Waals surface area contributed by atoms with Gasteiger partial charge < -0.3 is 10.3 Å². The van der Waals surface area contributed by atoms with E-state index in [1.807, 2.05) is 73.7 Å². The number of fused-ring (bicyclic) bond motifs is 2. The summed E-state index contributed by atoms with van der Waals surface area (Å²) in [4.78, 5) is 16.0. The number of carbonyl (C=O) groups is 1. The number of hydrogen-bond acceptors (Lipinski definition) is 1.